The third kappa shape index (κ3) is 4.32. The minimum absolute atomic E-state index is 0.0126. The average Bonchev–Trinajstić information content (AvgIpc) is 3.47. The van der Waals surface area contributed by atoms with Crippen molar-refractivity contribution in [3.05, 3.63) is 88.7 Å². The topological polar surface area (TPSA) is 55.8 Å². The van der Waals surface area contributed by atoms with Crippen molar-refractivity contribution < 1.29 is 23.8 Å². The second kappa shape index (κ2) is 9.55. The summed E-state index contributed by atoms with van der Waals surface area (Å²) < 4.78 is 26.8. The van der Waals surface area contributed by atoms with Crippen LogP contribution in [0.4, 0.5) is 4.39 Å². The Bertz CT molecular complexity index is 1490. The Morgan fingerprint density at radius 1 is 0.974 bits per heavy atom. The number of allylic oxidation sites excluding steroid dienone is 2. The molecule has 3 aliphatic rings. The number of halogens is 1. The van der Waals surface area contributed by atoms with Crippen molar-refractivity contribution in [3.63, 3.8) is 0 Å². The number of carboxylic acid groups (broad SMARTS) is 1. The maximum atomic E-state index is 15.1. The van der Waals surface area contributed by atoms with Crippen LogP contribution in [0.5, 0.6) is 11.5 Å². The minimum atomic E-state index is -0.690. The lowest BCUT2D eigenvalue weighted by molar-refractivity contribution is -0.149. The second-order valence-corrected chi connectivity index (χ2v) is 12.0. The van der Waals surface area contributed by atoms with Crippen LogP contribution in [0.3, 0.4) is 0 Å². The normalized spacial score (nSPS) is 22.8. The molecule has 0 radical (unpaired) electrons. The van der Waals surface area contributed by atoms with Crippen LogP contribution in [0.25, 0.3) is 16.7 Å². The lowest BCUT2D eigenvalue weighted by Gasteiger charge is -2.45. The van der Waals surface area contributed by atoms with Crippen molar-refractivity contribution in [1.82, 2.24) is 0 Å². The van der Waals surface area contributed by atoms with Gasteiger partial charge in [0.2, 0.25) is 0 Å². The van der Waals surface area contributed by atoms with Gasteiger partial charge in [-0.05, 0) is 114 Å². The molecule has 1 spiro atoms. The van der Waals surface area contributed by atoms with Gasteiger partial charge in [-0.1, -0.05) is 38.1 Å². The van der Waals surface area contributed by atoms with Crippen LogP contribution < -0.4 is 9.47 Å². The summed E-state index contributed by atoms with van der Waals surface area (Å²) in [5, 5.41) is 9.74. The maximum absolute atomic E-state index is 15.1. The van der Waals surface area contributed by atoms with Gasteiger partial charge in [0.15, 0.2) is 0 Å². The lowest BCUT2D eigenvalue weighted by Crippen LogP contribution is -2.46. The van der Waals surface area contributed by atoms with E-state index in [-0.39, 0.29) is 22.6 Å². The molecule has 3 aliphatic carbocycles. The fourth-order valence-corrected chi connectivity index (χ4v) is 7.04. The van der Waals surface area contributed by atoms with E-state index in [2.05, 4.69) is 38.1 Å². The fraction of sp³-hybridized carbons (Fsp3) is 0.382. The van der Waals surface area contributed by atoms with Crippen molar-refractivity contribution in [1.29, 1.82) is 0 Å². The number of benzene rings is 3. The van der Waals surface area contributed by atoms with E-state index < -0.39 is 5.97 Å². The molecule has 2 atom stereocenters. The second-order valence-electron chi connectivity index (χ2n) is 12.0. The number of hydrogen-bond acceptors (Lipinski definition) is 3. The molecule has 202 valence electrons. The Kier molecular flexibility index (Phi) is 6.28. The zero-order valence-corrected chi connectivity index (χ0v) is 22.9. The lowest BCUT2D eigenvalue weighted by atomic mass is 9.57. The van der Waals surface area contributed by atoms with Gasteiger partial charge in [-0.2, -0.15) is 0 Å². The number of methoxy groups -OCH3 is 1. The Morgan fingerprint density at radius 3 is 2.49 bits per heavy atom. The van der Waals surface area contributed by atoms with Gasteiger partial charge in [0.05, 0.1) is 13.0 Å². The molecular formula is C34H35FO4. The molecule has 0 bridgehead atoms. The maximum Gasteiger partial charge on any atom is 0.307 e. The largest absolute Gasteiger partial charge is 0.497 e. The predicted molar refractivity (Wildman–Crippen MR) is 151 cm³/mol. The number of ether oxygens (including phenoxy) is 2. The molecule has 1 fully saturated rings. The zero-order valence-electron chi connectivity index (χ0n) is 22.9. The summed E-state index contributed by atoms with van der Waals surface area (Å²) in [7, 11) is 1.59. The molecule has 39 heavy (non-hydrogen) atoms. The van der Waals surface area contributed by atoms with Crippen molar-refractivity contribution >= 4 is 11.5 Å². The Balaban J connectivity index is 1.32. The average molecular weight is 527 g/mol. The molecule has 0 aliphatic heterocycles. The molecule has 1 N–H and O–H groups in total. The molecule has 0 aromatic heterocycles. The van der Waals surface area contributed by atoms with E-state index in [9.17, 15) is 9.90 Å². The van der Waals surface area contributed by atoms with Gasteiger partial charge in [0.25, 0.3) is 0 Å². The van der Waals surface area contributed by atoms with Crippen LogP contribution in [-0.4, -0.2) is 18.2 Å². The summed E-state index contributed by atoms with van der Waals surface area (Å²) in [4.78, 5) is 11.9. The van der Waals surface area contributed by atoms with Crippen LogP contribution in [0.1, 0.15) is 68.2 Å². The van der Waals surface area contributed by atoms with E-state index in [0.29, 0.717) is 17.9 Å². The van der Waals surface area contributed by atoms with Gasteiger partial charge < -0.3 is 14.6 Å². The van der Waals surface area contributed by atoms with Crippen LogP contribution >= 0.6 is 0 Å². The molecule has 1 saturated carbocycles. The minimum Gasteiger partial charge on any atom is -0.497 e. The quantitative estimate of drug-likeness (QED) is 0.339. The van der Waals surface area contributed by atoms with Crippen LogP contribution in [0, 0.1) is 17.2 Å². The first-order chi connectivity index (χ1) is 18.7. The van der Waals surface area contributed by atoms with Gasteiger partial charge in [-0.25, -0.2) is 4.39 Å². The molecule has 3 aromatic carbocycles. The summed E-state index contributed by atoms with van der Waals surface area (Å²) in [6, 6.07) is 17.2. The van der Waals surface area contributed by atoms with Gasteiger partial charge in [0, 0.05) is 11.0 Å². The van der Waals surface area contributed by atoms with E-state index in [1.54, 1.807) is 19.2 Å². The predicted octanol–water partition coefficient (Wildman–Crippen LogP) is 7.96. The highest BCUT2D eigenvalue weighted by molar-refractivity contribution is 5.85. The third-order valence-corrected chi connectivity index (χ3v) is 9.39. The smallest absolute Gasteiger partial charge is 0.307 e. The molecule has 5 heteroatoms. The zero-order chi connectivity index (χ0) is 27.4. The summed E-state index contributed by atoms with van der Waals surface area (Å²) in [6.07, 6.45) is 7.83. The van der Waals surface area contributed by atoms with E-state index in [0.717, 1.165) is 66.5 Å². The fourth-order valence-electron chi connectivity index (χ4n) is 7.04. The van der Waals surface area contributed by atoms with Crippen molar-refractivity contribution in [2.45, 2.75) is 64.4 Å². The molecule has 0 unspecified atom stereocenters. The Hall–Kier alpha value is -3.60. The number of rotatable bonds is 7. The van der Waals surface area contributed by atoms with Crippen molar-refractivity contribution in [2.24, 2.45) is 11.3 Å². The highest BCUT2D eigenvalue weighted by atomic mass is 19.1. The SMILES string of the molecule is COc1ccc(F)c(-c2ccc(COc3ccc4c(c3)[C@]3(CC4)CC[C@H]3C(=O)O)cc2C2=CCCC2(C)C)c1. The molecule has 0 heterocycles. The number of aryl methyl sites for hydroxylation is 1. The summed E-state index contributed by atoms with van der Waals surface area (Å²) in [5.41, 5.74) is 6.78. The first kappa shape index (κ1) is 25.7. The standard InChI is InChI=1S/C34H35FO4/c1-33(2)14-4-5-28(33)26-17-21(6-10-25(26)27-18-23(38-3)9-11-31(27)35)20-39-24-8-7-22-12-15-34(30(22)19-24)16-13-29(34)32(36)37/h5-11,17-19,29H,4,12-16,20H2,1-3H3,(H,36,37)/t29-,34+/m0/s1. The number of carboxylic acids is 1. The van der Waals surface area contributed by atoms with Gasteiger partial charge >= 0.3 is 5.97 Å². The Labute approximate surface area is 229 Å². The number of carbonyl (C=O) groups is 1. The summed E-state index contributed by atoms with van der Waals surface area (Å²) in [6.45, 7) is 4.85. The van der Waals surface area contributed by atoms with E-state index in [4.69, 9.17) is 9.47 Å². The van der Waals surface area contributed by atoms with Crippen LogP contribution in [0.2, 0.25) is 0 Å². The van der Waals surface area contributed by atoms with Crippen molar-refractivity contribution in [3.8, 4) is 22.6 Å². The van der Waals surface area contributed by atoms with Gasteiger partial charge in [0.1, 0.15) is 23.9 Å². The number of fused-ring (bicyclic) bond motifs is 2. The van der Waals surface area contributed by atoms with Crippen molar-refractivity contribution in [2.75, 3.05) is 7.11 Å². The monoisotopic (exact) mass is 526 g/mol. The van der Waals surface area contributed by atoms with E-state index >= 15 is 4.39 Å². The third-order valence-electron chi connectivity index (χ3n) is 9.39. The number of hydrogen-bond donors (Lipinski definition) is 1. The summed E-state index contributed by atoms with van der Waals surface area (Å²) in [5.74, 6) is 0.111. The molecule has 3 aromatic rings. The van der Waals surface area contributed by atoms with Gasteiger partial charge in [-0.15, -0.1) is 0 Å². The van der Waals surface area contributed by atoms with Gasteiger partial charge in [-0.3, -0.25) is 4.79 Å². The Morgan fingerprint density at radius 2 is 1.79 bits per heavy atom. The van der Waals surface area contributed by atoms with Crippen LogP contribution in [0.15, 0.2) is 60.7 Å². The number of aliphatic carboxylic acids is 1. The molecule has 0 saturated heterocycles. The summed E-state index contributed by atoms with van der Waals surface area (Å²) >= 11 is 0. The van der Waals surface area contributed by atoms with E-state index in [1.165, 1.54) is 17.2 Å². The van der Waals surface area contributed by atoms with Crippen LogP contribution in [-0.2, 0) is 23.2 Å². The highest BCUT2D eigenvalue weighted by Crippen LogP contribution is 2.57. The first-order valence-corrected chi connectivity index (χ1v) is 13.9. The molecule has 4 nitrogen and oxygen atoms in total. The first-order valence-electron chi connectivity index (χ1n) is 13.9. The molecule has 6 rings (SSSR count). The van der Waals surface area contributed by atoms with E-state index in [1.807, 2.05) is 18.2 Å². The molecular weight excluding hydrogens is 491 g/mol. The highest BCUT2D eigenvalue weighted by Gasteiger charge is 2.54. The molecule has 0 amide bonds.